The first-order valence-corrected chi connectivity index (χ1v) is 9.49. The van der Waals surface area contributed by atoms with Gasteiger partial charge in [-0.05, 0) is 37.2 Å². The molecule has 25 heavy (non-hydrogen) atoms. The van der Waals surface area contributed by atoms with Crippen molar-refractivity contribution in [3.8, 4) is 0 Å². The van der Waals surface area contributed by atoms with Crippen LogP contribution in [0.15, 0.2) is 30.3 Å². The Balaban J connectivity index is 1.57. The molecular formula is C20H31N3O2. The molecular weight excluding hydrogens is 314 g/mol. The minimum atomic E-state index is -0.498. The van der Waals surface area contributed by atoms with Gasteiger partial charge in [-0.2, -0.15) is 0 Å². The summed E-state index contributed by atoms with van der Waals surface area (Å²) in [4.78, 5) is 16.5. The first-order valence-electron chi connectivity index (χ1n) is 9.49. The second kappa shape index (κ2) is 8.19. The zero-order valence-electron chi connectivity index (χ0n) is 15.4. The lowest BCUT2D eigenvalue weighted by Gasteiger charge is -2.34. The van der Waals surface area contributed by atoms with Gasteiger partial charge < -0.3 is 15.3 Å². The summed E-state index contributed by atoms with van der Waals surface area (Å²) in [6.45, 7) is 5.27. The molecule has 1 saturated heterocycles. The molecule has 1 heterocycles. The first-order chi connectivity index (χ1) is 12.0. The van der Waals surface area contributed by atoms with Crippen molar-refractivity contribution in [3.63, 3.8) is 0 Å². The zero-order chi connectivity index (χ0) is 17.8. The maximum absolute atomic E-state index is 12.4. The number of carbonyl (C=O) groups excluding carboxylic acids is 1. The van der Waals surface area contributed by atoms with Gasteiger partial charge in [0.2, 0.25) is 0 Å². The standard InChI is InChI=1S/C20H31N3O2/c1-15(24)11-22(2)20(25)21-19-10-6-9-17-13-23(14-18(17)19)12-16-7-4-3-5-8-16/h3-5,7-8,15,17-19,24H,6,9-14H2,1-2H3,(H,21,25). The smallest absolute Gasteiger partial charge is 0.317 e. The van der Waals surface area contributed by atoms with Crippen LogP contribution in [0.1, 0.15) is 31.7 Å². The van der Waals surface area contributed by atoms with E-state index in [9.17, 15) is 9.90 Å². The molecule has 4 unspecified atom stereocenters. The number of carbonyl (C=O) groups is 1. The lowest BCUT2D eigenvalue weighted by molar-refractivity contribution is 0.136. The molecule has 0 bridgehead atoms. The Morgan fingerprint density at radius 3 is 2.80 bits per heavy atom. The van der Waals surface area contributed by atoms with Gasteiger partial charge in [0.1, 0.15) is 0 Å². The van der Waals surface area contributed by atoms with Crippen molar-refractivity contribution in [3.05, 3.63) is 35.9 Å². The highest BCUT2D eigenvalue weighted by Gasteiger charge is 2.40. The predicted octanol–water partition coefficient (Wildman–Crippen LogP) is 2.31. The van der Waals surface area contributed by atoms with Gasteiger partial charge in [-0.25, -0.2) is 4.79 Å². The third-order valence-electron chi connectivity index (χ3n) is 5.62. The lowest BCUT2D eigenvalue weighted by Crippen LogP contribution is -2.50. The number of hydrogen-bond acceptors (Lipinski definition) is 3. The summed E-state index contributed by atoms with van der Waals surface area (Å²) in [5.41, 5.74) is 1.36. The SMILES string of the molecule is CC(O)CN(C)C(=O)NC1CCCC2CN(Cc3ccccc3)CC21. The fourth-order valence-corrected chi connectivity index (χ4v) is 4.46. The predicted molar refractivity (Wildman–Crippen MR) is 99.2 cm³/mol. The monoisotopic (exact) mass is 345 g/mol. The molecule has 0 radical (unpaired) electrons. The first kappa shape index (κ1) is 18.2. The molecule has 2 N–H and O–H groups in total. The number of likely N-dealkylation sites (N-methyl/N-ethyl adjacent to an activating group) is 1. The average Bonchev–Trinajstić information content (AvgIpc) is 2.98. The average molecular weight is 345 g/mol. The summed E-state index contributed by atoms with van der Waals surface area (Å²) < 4.78 is 0. The molecule has 5 nitrogen and oxygen atoms in total. The van der Waals surface area contributed by atoms with Gasteiger partial charge >= 0.3 is 6.03 Å². The van der Waals surface area contributed by atoms with E-state index in [0.717, 1.165) is 26.1 Å². The summed E-state index contributed by atoms with van der Waals surface area (Å²) in [7, 11) is 1.75. The number of amides is 2. The van der Waals surface area contributed by atoms with Gasteiger partial charge in [0.15, 0.2) is 0 Å². The summed E-state index contributed by atoms with van der Waals surface area (Å²) in [5, 5.41) is 12.7. The molecule has 2 amide bonds. The highest BCUT2D eigenvalue weighted by atomic mass is 16.3. The summed E-state index contributed by atoms with van der Waals surface area (Å²) in [6.07, 6.45) is 3.02. The van der Waals surface area contributed by atoms with Crippen LogP contribution >= 0.6 is 0 Å². The van der Waals surface area contributed by atoms with Crippen LogP contribution < -0.4 is 5.32 Å². The quantitative estimate of drug-likeness (QED) is 0.861. The van der Waals surface area contributed by atoms with E-state index in [0.29, 0.717) is 18.4 Å². The normalized spacial score (nSPS) is 27.6. The zero-order valence-corrected chi connectivity index (χ0v) is 15.4. The number of hydrogen-bond donors (Lipinski definition) is 2. The van der Waals surface area contributed by atoms with Crippen LogP contribution in [0.2, 0.25) is 0 Å². The number of urea groups is 1. The van der Waals surface area contributed by atoms with E-state index in [-0.39, 0.29) is 12.1 Å². The Kier molecular flexibility index (Phi) is 5.97. The summed E-state index contributed by atoms with van der Waals surface area (Å²) >= 11 is 0. The summed E-state index contributed by atoms with van der Waals surface area (Å²) in [6, 6.07) is 10.8. The number of nitrogens with one attached hydrogen (secondary N) is 1. The van der Waals surface area contributed by atoms with Crippen LogP contribution in [0, 0.1) is 11.8 Å². The van der Waals surface area contributed by atoms with E-state index in [1.165, 1.54) is 18.4 Å². The minimum absolute atomic E-state index is 0.0620. The van der Waals surface area contributed by atoms with Crippen molar-refractivity contribution in [2.24, 2.45) is 11.8 Å². The second-order valence-electron chi connectivity index (χ2n) is 7.82. The van der Waals surface area contributed by atoms with Gasteiger partial charge in [0.05, 0.1) is 6.10 Å². The van der Waals surface area contributed by atoms with Crippen LogP contribution in [0.25, 0.3) is 0 Å². The largest absolute Gasteiger partial charge is 0.392 e. The van der Waals surface area contributed by atoms with Crippen molar-refractivity contribution in [2.75, 3.05) is 26.7 Å². The third kappa shape index (κ3) is 4.73. The Morgan fingerprint density at radius 1 is 1.32 bits per heavy atom. The van der Waals surface area contributed by atoms with Crippen LogP contribution in [-0.2, 0) is 6.54 Å². The highest BCUT2D eigenvalue weighted by molar-refractivity contribution is 5.74. The Morgan fingerprint density at radius 2 is 2.08 bits per heavy atom. The topological polar surface area (TPSA) is 55.8 Å². The van der Waals surface area contributed by atoms with Gasteiger partial charge in [-0.1, -0.05) is 36.8 Å². The van der Waals surface area contributed by atoms with E-state index in [2.05, 4.69) is 40.5 Å². The maximum Gasteiger partial charge on any atom is 0.317 e. The number of rotatable bonds is 5. The van der Waals surface area contributed by atoms with Crippen molar-refractivity contribution < 1.29 is 9.90 Å². The number of benzene rings is 1. The van der Waals surface area contributed by atoms with Crippen molar-refractivity contribution in [2.45, 2.75) is 44.9 Å². The Hall–Kier alpha value is -1.59. The fraction of sp³-hybridized carbons (Fsp3) is 0.650. The van der Waals surface area contributed by atoms with E-state index in [1.54, 1.807) is 18.9 Å². The lowest BCUT2D eigenvalue weighted by atomic mass is 9.78. The van der Waals surface area contributed by atoms with Crippen LogP contribution in [0.3, 0.4) is 0 Å². The number of aliphatic hydroxyl groups excluding tert-OH is 1. The second-order valence-corrected chi connectivity index (χ2v) is 7.82. The molecule has 1 aromatic rings. The van der Waals surface area contributed by atoms with Crippen molar-refractivity contribution in [1.29, 1.82) is 0 Å². The van der Waals surface area contributed by atoms with Crippen molar-refractivity contribution in [1.82, 2.24) is 15.1 Å². The van der Waals surface area contributed by atoms with Gasteiger partial charge in [0.25, 0.3) is 0 Å². The highest BCUT2D eigenvalue weighted by Crippen LogP contribution is 2.37. The number of nitrogens with zero attached hydrogens (tertiary/aromatic N) is 2. The van der Waals surface area contributed by atoms with Crippen LogP contribution in [0.4, 0.5) is 4.79 Å². The van der Waals surface area contributed by atoms with Crippen molar-refractivity contribution >= 4 is 6.03 Å². The fourth-order valence-electron chi connectivity index (χ4n) is 4.46. The Labute approximate surface area is 151 Å². The molecule has 1 aromatic carbocycles. The Bertz CT molecular complexity index is 563. The van der Waals surface area contributed by atoms with Gasteiger partial charge in [0, 0.05) is 39.3 Å². The van der Waals surface area contributed by atoms with Crippen LogP contribution in [-0.4, -0.2) is 59.8 Å². The molecule has 5 heteroatoms. The van der Waals surface area contributed by atoms with Crippen LogP contribution in [0.5, 0.6) is 0 Å². The van der Waals surface area contributed by atoms with E-state index in [4.69, 9.17) is 0 Å². The van der Waals surface area contributed by atoms with E-state index < -0.39 is 6.10 Å². The van der Waals surface area contributed by atoms with E-state index >= 15 is 0 Å². The molecule has 3 rings (SSSR count). The molecule has 2 aliphatic rings. The van der Waals surface area contributed by atoms with Gasteiger partial charge in [-0.15, -0.1) is 0 Å². The molecule has 0 aromatic heterocycles. The maximum atomic E-state index is 12.4. The molecule has 1 aliphatic carbocycles. The summed E-state index contributed by atoms with van der Waals surface area (Å²) in [5.74, 6) is 1.23. The molecule has 2 fully saturated rings. The molecule has 1 aliphatic heterocycles. The molecule has 138 valence electrons. The minimum Gasteiger partial charge on any atom is -0.392 e. The third-order valence-corrected chi connectivity index (χ3v) is 5.62. The molecule has 1 saturated carbocycles. The van der Waals surface area contributed by atoms with Gasteiger partial charge in [-0.3, -0.25) is 4.90 Å². The van der Waals surface area contributed by atoms with E-state index in [1.807, 2.05) is 0 Å². The molecule has 0 spiro atoms. The number of likely N-dealkylation sites (tertiary alicyclic amines) is 1. The number of aliphatic hydroxyl groups is 1. The molecule has 4 atom stereocenters. The number of fused-ring (bicyclic) bond motifs is 1.